The van der Waals surface area contributed by atoms with Gasteiger partial charge in [0.25, 0.3) is 5.91 Å². The lowest BCUT2D eigenvalue weighted by Gasteiger charge is -2.18. The molecule has 1 N–H and O–H groups in total. The highest BCUT2D eigenvalue weighted by Crippen LogP contribution is 2.29. The Bertz CT molecular complexity index is 1080. The molecule has 0 aliphatic rings. The average molecular weight is 440 g/mol. The second-order valence-electron chi connectivity index (χ2n) is 7.42. The topological polar surface area (TPSA) is 91.9 Å². The second-order valence-corrected chi connectivity index (χ2v) is 7.42. The fourth-order valence-corrected chi connectivity index (χ4v) is 3.56. The quantitative estimate of drug-likeness (QED) is 0.509. The van der Waals surface area contributed by atoms with Crippen molar-refractivity contribution < 1.29 is 28.2 Å². The number of furan rings is 1. The van der Waals surface area contributed by atoms with Crippen molar-refractivity contribution in [3.63, 3.8) is 0 Å². The Morgan fingerprint density at radius 3 is 2.56 bits per heavy atom. The summed E-state index contributed by atoms with van der Waals surface area (Å²) in [5.41, 5.74) is 2.82. The summed E-state index contributed by atoms with van der Waals surface area (Å²) in [6.07, 6.45) is 1.61. The van der Waals surface area contributed by atoms with E-state index in [-0.39, 0.29) is 6.04 Å². The smallest absolute Gasteiger partial charge is 0.340 e. The third-order valence-electron chi connectivity index (χ3n) is 5.30. The van der Waals surface area contributed by atoms with E-state index < -0.39 is 18.5 Å². The van der Waals surface area contributed by atoms with Crippen molar-refractivity contribution in [3.05, 3.63) is 70.9 Å². The van der Waals surface area contributed by atoms with Gasteiger partial charge in [-0.05, 0) is 57.2 Å². The lowest BCUT2D eigenvalue weighted by molar-refractivity contribution is -0.124. The molecular weight excluding hydrogens is 412 g/mol. The molecule has 0 aliphatic heterocycles. The standard InChI is InChI=1S/C24H28N2O6/c1-15-11-21(17(3)26(15)13-19-7-6-10-31-19)24(28)32-14-23(27)25-16(2)20-12-18(29-4)8-9-22(20)30-5/h6-12,16H,13-14H2,1-5H3,(H,25,27). The van der Waals surface area contributed by atoms with Crippen LogP contribution in [0, 0.1) is 13.8 Å². The van der Waals surface area contributed by atoms with Gasteiger partial charge >= 0.3 is 5.97 Å². The monoisotopic (exact) mass is 440 g/mol. The Labute approximate surface area is 187 Å². The molecule has 1 atom stereocenters. The molecule has 1 unspecified atom stereocenters. The normalized spacial score (nSPS) is 11.7. The summed E-state index contributed by atoms with van der Waals surface area (Å²) in [4.78, 5) is 25.0. The van der Waals surface area contributed by atoms with Crippen LogP contribution >= 0.6 is 0 Å². The predicted octanol–water partition coefficient (Wildman–Crippen LogP) is 3.80. The van der Waals surface area contributed by atoms with Crippen LogP contribution in [0.2, 0.25) is 0 Å². The number of carbonyl (C=O) groups is 2. The molecule has 8 heteroatoms. The summed E-state index contributed by atoms with van der Waals surface area (Å²) >= 11 is 0. The molecular formula is C24H28N2O6. The molecule has 0 saturated carbocycles. The Hall–Kier alpha value is -3.68. The van der Waals surface area contributed by atoms with Gasteiger partial charge in [-0.25, -0.2) is 4.79 Å². The molecule has 0 radical (unpaired) electrons. The van der Waals surface area contributed by atoms with Gasteiger partial charge < -0.3 is 28.5 Å². The zero-order valence-corrected chi connectivity index (χ0v) is 18.9. The molecule has 0 fully saturated rings. The van der Waals surface area contributed by atoms with E-state index in [4.69, 9.17) is 18.6 Å². The van der Waals surface area contributed by atoms with E-state index in [1.807, 2.05) is 37.5 Å². The first-order valence-electron chi connectivity index (χ1n) is 10.2. The fourth-order valence-electron chi connectivity index (χ4n) is 3.56. The van der Waals surface area contributed by atoms with E-state index in [1.165, 1.54) is 0 Å². The highest BCUT2D eigenvalue weighted by Gasteiger charge is 2.20. The Kier molecular flexibility index (Phi) is 7.25. The summed E-state index contributed by atoms with van der Waals surface area (Å²) in [6, 6.07) is 10.4. The van der Waals surface area contributed by atoms with Gasteiger partial charge in [0.1, 0.15) is 17.3 Å². The number of methoxy groups -OCH3 is 2. The maximum absolute atomic E-state index is 12.6. The number of aryl methyl sites for hydroxylation is 1. The van der Waals surface area contributed by atoms with Crippen molar-refractivity contribution in [1.29, 1.82) is 0 Å². The molecule has 8 nitrogen and oxygen atoms in total. The molecule has 3 aromatic rings. The van der Waals surface area contributed by atoms with Gasteiger partial charge in [0.2, 0.25) is 0 Å². The molecule has 0 saturated heterocycles. The van der Waals surface area contributed by atoms with Crippen molar-refractivity contribution in [2.75, 3.05) is 20.8 Å². The molecule has 0 bridgehead atoms. The lowest BCUT2D eigenvalue weighted by atomic mass is 10.1. The zero-order valence-electron chi connectivity index (χ0n) is 18.9. The van der Waals surface area contributed by atoms with Crippen LogP contribution in [-0.2, 0) is 16.1 Å². The molecule has 2 aromatic heterocycles. The number of esters is 1. The van der Waals surface area contributed by atoms with Gasteiger partial charge in [0, 0.05) is 17.0 Å². The number of hydrogen-bond acceptors (Lipinski definition) is 6. The third kappa shape index (κ3) is 5.14. The van der Waals surface area contributed by atoms with Gasteiger partial charge in [0.15, 0.2) is 6.61 Å². The lowest BCUT2D eigenvalue weighted by Crippen LogP contribution is -2.31. The van der Waals surface area contributed by atoms with Gasteiger partial charge in [-0.3, -0.25) is 4.79 Å². The number of amides is 1. The minimum Gasteiger partial charge on any atom is -0.497 e. The Balaban J connectivity index is 1.61. The van der Waals surface area contributed by atoms with Gasteiger partial charge in [-0.1, -0.05) is 0 Å². The maximum Gasteiger partial charge on any atom is 0.340 e. The van der Waals surface area contributed by atoms with Gasteiger partial charge in [-0.2, -0.15) is 0 Å². The van der Waals surface area contributed by atoms with Crippen LogP contribution in [0.3, 0.4) is 0 Å². The van der Waals surface area contributed by atoms with Gasteiger partial charge in [0.05, 0.1) is 38.6 Å². The van der Waals surface area contributed by atoms with Crippen molar-refractivity contribution in [3.8, 4) is 11.5 Å². The Morgan fingerprint density at radius 1 is 1.12 bits per heavy atom. The number of hydrogen-bond donors (Lipinski definition) is 1. The van der Waals surface area contributed by atoms with Crippen molar-refractivity contribution in [2.45, 2.75) is 33.4 Å². The maximum atomic E-state index is 12.6. The van der Waals surface area contributed by atoms with Crippen LogP contribution in [0.5, 0.6) is 11.5 Å². The largest absolute Gasteiger partial charge is 0.497 e. The highest BCUT2D eigenvalue weighted by molar-refractivity contribution is 5.92. The first kappa shape index (κ1) is 23.0. The molecule has 0 spiro atoms. The number of carbonyl (C=O) groups excluding carboxylic acids is 2. The van der Waals surface area contributed by atoms with Crippen LogP contribution in [0.15, 0.2) is 47.1 Å². The molecule has 170 valence electrons. The third-order valence-corrected chi connectivity index (χ3v) is 5.30. The zero-order chi connectivity index (χ0) is 23.3. The van der Waals surface area contributed by atoms with Crippen LogP contribution in [0.1, 0.15) is 46.0 Å². The van der Waals surface area contributed by atoms with E-state index >= 15 is 0 Å². The summed E-state index contributed by atoms with van der Waals surface area (Å²) < 4.78 is 23.2. The fraction of sp³-hybridized carbons (Fsp3) is 0.333. The molecule has 1 amide bonds. The van der Waals surface area contributed by atoms with E-state index in [0.29, 0.717) is 23.6 Å². The van der Waals surface area contributed by atoms with Crippen LogP contribution in [0.25, 0.3) is 0 Å². The second kappa shape index (κ2) is 10.1. The summed E-state index contributed by atoms with van der Waals surface area (Å²) in [5, 5.41) is 2.82. The van der Waals surface area contributed by atoms with Crippen LogP contribution in [-0.4, -0.2) is 37.3 Å². The van der Waals surface area contributed by atoms with Crippen LogP contribution in [0.4, 0.5) is 0 Å². The number of nitrogens with zero attached hydrogens (tertiary/aromatic N) is 1. The summed E-state index contributed by atoms with van der Waals surface area (Å²) in [7, 11) is 3.13. The van der Waals surface area contributed by atoms with Gasteiger partial charge in [-0.15, -0.1) is 0 Å². The number of rotatable bonds is 9. The number of benzene rings is 1. The van der Waals surface area contributed by atoms with Crippen molar-refractivity contribution in [1.82, 2.24) is 9.88 Å². The summed E-state index contributed by atoms with van der Waals surface area (Å²) in [5.74, 6) is 1.09. The first-order chi connectivity index (χ1) is 15.3. The number of aromatic nitrogens is 1. The average Bonchev–Trinajstić information content (AvgIpc) is 3.40. The highest BCUT2D eigenvalue weighted by atomic mass is 16.5. The number of nitrogens with one attached hydrogen (secondary N) is 1. The molecule has 2 heterocycles. The molecule has 0 aliphatic carbocycles. The predicted molar refractivity (Wildman–Crippen MR) is 118 cm³/mol. The van der Waals surface area contributed by atoms with E-state index in [1.54, 1.807) is 44.7 Å². The molecule has 32 heavy (non-hydrogen) atoms. The van der Waals surface area contributed by atoms with Crippen molar-refractivity contribution in [2.24, 2.45) is 0 Å². The Morgan fingerprint density at radius 2 is 1.91 bits per heavy atom. The van der Waals surface area contributed by atoms with Crippen LogP contribution < -0.4 is 14.8 Å². The van der Waals surface area contributed by atoms with Crippen molar-refractivity contribution >= 4 is 11.9 Å². The van der Waals surface area contributed by atoms with E-state index in [2.05, 4.69) is 5.32 Å². The minimum atomic E-state index is -0.550. The van der Waals surface area contributed by atoms with E-state index in [0.717, 1.165) is 22.7 Å². The molecule has 3 rings (SSSR count). The minimum absolute atomic E-state index is 0.371. The summed E-state index contributed by atoms with van der Waals surface area (Å²) in [6.45, 7) is 5.68. The first-order valence-corrected chi connectivity index (χ1v) is 10.2. The SMILES string of the molecule is COc1ccc(OC)c(C(C)NC(=O)COC(=O)c2cc(C)n(Cc3ccco3)c2C)c1. The molecule has 1 aromatic carbocycles. The number of ether oxygens (including phenoxy) is 3. The van der Waals surface area contributed by atoms with E-state index in [9.17, 15) is 9.59 Å².